The second-order valence-corrected chi connectivity index (χ2v) is 11.9. The van der Waals surface area contributed by atoms with E-state index in [1.807, 2.05) is 24.1 Å². The SMILES string of the molecule is CCCCN(C)C(=O)CCCCCC[C@@H]1C[C@@H]2[C@H](CC[C@]3(C)[C@@H](O)CC[C@@H]23)c2ccc(O)cc21. The van der Waals surface area contributed by atoms with Gasteiger partial charge in [-0.15, -0.1) is 0 Å². The summed E-state index contributed by atoms with van der Waals surface area (Å²) in [5, 5.41) is 21.0. The van der Waals surface area contributed by atoms with Crippen LogP contribution in [0.5, 0.6) is 5.75 Å². The van der Waals surface area contributed by atoms with E-state index in [1.165, 1.54) is 43.2 Å². The first kappa shape index (κ1) is 25.5. The molecule has 0 aliphatic heterocycles. The van der Waals surface area contributed by atoms with Gasteiger partial charge in [0.05, 0.1) is 6.10 Å². The highest BCUT2D eigenvalue weighted by Gasteiger charge is 2.55. The van der Waals surface area contributed by atoms with E-state index in [9.17, 15) is 15.0 Å². The average molecular weight is 470 g/mol. The van der Waals surface area contributed by atoms with Crippen molar-refractivity contribution in [1.29, 1.82) is 0 Å². The third-order valence-corrected chi connectivity index (χ3v) is 9.82. The molecule has 0 saturated heterocycles. The van der Waals surface area contributed by atoms with Crippen LogP contribution in [-0.4, -0.2) is 40.7 Å². The monoisotopic (exact) mass is 469 g/mol. The number of rotatable bonds is 10. The van der Waals surface area contributed by atoms with Crippen molar-refractivity contribution in [2.45, 2.75) is 115 Å². The van der Waals surface area contributed by atoms with Gasteiger partial charge in [0.2, 0.25) is 5.91 Å². The molecule has 0 spiro atoms. The third-order valence-electron chi connectivity index (χ3n) is 9.82. The molecule has 4 heteroatoms. The topological polar surface area (TPSA) is 60.8 Å². The summed E-state index contributed by atoms with van der Waals surface area (Å²) in [5.41, 5.74) is 2.95. The Morgan fingerprint density at radius 3 is 2.68 bits per heavy atom. The van der Waals surface area contributed by atoms with Gasteiger partial charge < -0.3 is 15.1 Å². The highest BCUT2D eigenvalue weighted by molar-refractivity contribution is 5.75. The molecule has 2 fully saturated rings. The van der Waals surface area contributed by atoms with Gasteiger partial charge in [0.1, 0.15) is 5.75 Å². The number of carbonyl (C=O) groups is 1. The molecule has 2 N–H and O–H groups in total. The Morgan fingerprint density at radius 1 is 1.09 bits per heavy atom. The number of aliphatic hydroxyl groups is 1. The Balaban J connectivity index is 1.33. The molecule has 1 aromatic rings. The number of fused-ring (bicyclic) bond motifs is 5. The molecule has 2 saturated carbocycles. The first-order valence-electron chi connectivity index (χ1n) is 14.1. The molecule has 1 amide bonds. The number of amides is 1. The lowest BCUT2D eigenvalue weighted by atomic mass is 9.53. The first-order chi connectivity index (χ1) is 16.3. The van der Waals surface area contributed by atoms with Crippen LogP contribution in [0.1, 0.15) is 120 Å². The number of phenolic OH excluding ortho intramolecular Hbond substituents is 1. The van der Waals surface area contributed by atoms with E-state index in [-0.39, 0.29) is 17.4 Å². The van der Waals surface area contributed by atoms with Crippen LogP contribution in [0.15, 0.2) is 18.2 Å². The van der Waals surface area contributed by atoms with Crippen molar-refractivity contribution in [2.24, 2.45) is 17.3 Å². The van der Waals surface area contributed by atoms with E-state index in [1.54, 1.807) is 0 Å². The van der Waals surface area contributed by atoms with Crippen LogP contribution in [0.3, 0.4) is 0 Å². The fourth-order valence-corrected chi connectivity index (χ4v) is 7.69. The summed E-state index contributed by atoms with van der Waals surface area (Å²) in [7, 11) is 1.93. The van der Waals surface area contributed by atoms with Gasteiger partial charge in [-0.2, -0.15) is 0 Å². The van der Waals surface area contributed by atoms with Crippen LogP contribution < -0.4 is 0 Å². The normalized spacial score (nSPS) is 32.1. The van der Waals surface area contributed by atoms with E-state index in [4.69, 9.17) is 0 Å². The van der Waals surface area contributed by atoms with Gasteiger partial charge in [0.25, 0.3) is 0 Å². The lowest BCUT2D eigenvalue weighted by Crippen LogP contribution is -2.44. The first-order valence-corrected chi connectivity index (χ1v) is 14.1. The lowest BCUT2D eigenvalue weighted by molar-refractivity contribution is -0.130. The van der Waals surface area contributed by atoms with E-state index < -0.39 is 0 Å². The second kappa shape index (κ2) is 11.0. The van der Waals surface area contributed by atoms with Gasteiger partial charge in [-0.3, -0.25) is 4.79 Å². The van der Waals surface area contributed by atoms with Gasteiger partial charge in [-0.05, 0) is 104 Å². The van der Waals surface area contributed by atoms with Crippen LogP contribution in [-0.2, 0) is 4.79 Å². The maximum absolute atomic E-state index is 12.3. The predicted molar refractivity (Wildman–Crippen MR) is 138 cm³/mol. The Kier molecular flexibility index (Phi) is 8.28. The van der Waals surface area contributed by atoms with E-state index in [0.29, 0.717) is 35.8 Å². The predicted octanol–water partition coefficient (Wildman–Crippen LogP) is 6.75. The van der Waals surface area contributed by atoms with E-state index >= 15 is 0 Å². The maximum Gasteiger partial charge on any atom is 0.222 e. The zero-order chi connectivity index (χ0) is 24.3. The zero-order valence-corrected chi connectivity index (χ0v) is 21.8. The number of nitrogens with zero attached hydrogens (tertiary/aromatic N) is 1. The number of hydrogen-bond acceptors (Lipinski definition) is 3. The lowest BCUT2D eigenvalue weighted by Gasteiger charge is -2.51. The van der Waals surface area contributed by atoms with Gasteiger partial charge in [0.15, 0.2) is 0 Å². The minimum absolute atomic E-state index is 0.0942. The van der Waals surface area contributed by atoms with Gasteiger partial charge in [-0.1, -0.05) is 45.6 Å². The van der Waals surface area contributed by atoms with Crippen molar-refractivity contribution in [1.82, 2.24) is 4.90 Å². The Hall–Kier alpha value is -1.55. The molecule has 4 nitrogen and oxygen atoms in total. The van der Waals surface area contributed by atoms with E-state index in [2.05, 4.69) is 19.9 Å². The summed E-state index contributed by atoms with van der Waals surface area (Å²) in [5.74, 6) is 3.06. The number of aromatic hydroxyl groups is 1. The van der Waals surface area contributed by atoms with Crippen LogP contribution in [0.2, 0.25) is 0 Å². The number of hydrogen-bond donors (Lipinski definition) is 2. The molecule has 0 heterocycles. The third kappa shape index (κ3) is 5.17. The zero-order valence-electron chi connectivity index (χ0n) is 21.8. The standard InChI is InChI=1S/C30H47NO3/c1-4-5-18-31(3)29(34)11-9-7-6-8-10-21-19-26-24(23-13-12-22(32)20-25(21)23)16-17-30(2)27(26)14-15-28(30)33/h12-13,20-21,24,26-28,32-33H,4-11,14-19H2,1-3H3/t21-,24-,26-,27+,28+,30+/m1/s1. The molecule has 6 atom stereocenters. The smallest absolute Gasteiger partial charge is 0.222 e. The number of aliphatic hydroxyl groups excluding tert-OH is 1. The molecule has 4 rings (SSSR count). The fourth-order valence-electron chi connectivity index (χ4n) is 7.69. The molecule has 0 unspecified atom stereocenters. The summed E-state index contributed by atoms with van der Waals surface area (Å²) in [6.07, 6.45) is 14.0. The van der Waals surface area contributed by atoms with Crippen LogP contribution in [0.25, 0.3) is 0 Å². The van der Waals surface area contributed by atoms with Crippen molar-refractivity contribution in [3.63, 3.8) is 0 Å². The molecule has 190 valence electrons. The van der Waals surface area contributed by atoms with Crippen LogP contribution >= 0.6 is 0 Å². The molecule has 3 aliphatic carbocycles. The summed E-state index contributed by atoms with van der Waals surface area (Å²) in [4.78, 5) is 14.1. The molecule has 0 aromatic heterocycles. The highest BCUT2D eigenvalue weighted by atomic mass is 16.3. The van der Waals surface area contributed by atoms with Crippen LogP contribution in [0, 0.1) is 17.3 Å². The minimum Gasteiger partial charge on any atom is -0.508 e. The Morgan fingerprint density at radius 2 is 1.88 bits per heavy atom. The molecular weight excluding hydrogens is 422 g/mol. The summed E-state index contributed by atoms with van der Waals surface area (Å²) in [6.45, 7) is 5.38. The number of unbranched alkanes of at least 4 members (excludes halogenated alkanes) is 4. The number of benzene rings is 1. The minimum atomic E-state index is -0.137. The molecule has 34 heavy (non-hydrogen) atoms. The summed E-state index contributed by atoms with van der Waals surface area (Å²) < 4.78 is 0. The van der Waals surface area contributed by atoms with E-state index in [0.717, 1.165) is 51.5 Å². The van der Waals surface area contributed by atoms with Crippen molar-refractivity contribution in [3.05, 3.63) is 29.3 Å². The Bertz CT molecular complexity index is 838. The van der Waals surface area contributed by atoms with Gasteiger partial charge in [0, 0.05) is 20.0 Å². The molecule has 0 bridgehead atoms. The summed E-state index contributed by atoms with van der Waals surface area (Å²) >= 11 is 0. The van der Waals surface area contributed by atoms with Gasteiger partial charge in [-0.25, -0.2) is 0 Å². The largest absolute Gasteiger partial charge is 0.508 e. The molecule has 1 aromatic carbocycles. The van der Waals surface area contributed by atoms with Crippen molar-refractivity contribution < 1.29 is 15.0 Å². The Labute approximate surface area is 207 Å². The van der Waals surface area contributed by atoms with Crippen molar-refractivity contribution in [2.75, 3.05) is 13.6 Å². The van der Waals surface area contributed by atoms with Gasteiger partial charge >= 0.3 is 0 Å². The fraction of sp³-hybridized carbons (Fsp3) is 0.767. The average Bonchev–Trinajstić information content (AvgIpc) is 3.13. The molecule has 0 radical (unpaired) electrons. The van der Waals surface area contributed by atoms with Crippen molar-refractivity contribution >= 4 is 5.91 Å². The molecule has 3 aliphatic rings. The number of phenols is 1. The maximum atomic E-state index is 12.3. The quantitative estimate of drug-likeness (QED) is 0.373. The molecular formula is C30H47NO3. The summed E-state index contributed by atoms with van der Waals surface area (Å²) in [6, 6.07) is 6.12. The second-order valence-electron chi connectivity index (χ2n) is 11.9. The van der Waals surface area contributed by atoms with Crippen LogP contribution in [0.4, 0.5) is 0 Å². The highest BCUT2D eigenvalue weighted by Crippen LogP contribution is 2.62. The van der Waals surface area contributed by atoms with Crippen molar-refractivity contribution in [3.8, 4) is 5.75 Å². The number of carbonyl (C=O) groups excluding carboxylic acids is 1.